The van der Waals surface area contributed by atoms with E-state index >= 15 is 0 Å². The molecule has 0 spiro atoms. The number of carbonyl (C=O) groups is 1. The molecule has 4 aromatic carbocycles. The molecule has 0 bridgehead atoms. The van der Waals surface area contributed by atoms with Gasteiger partial charge in [-0.25, -0.2) is 4.79 Å². The predicted octanol–water partition coefficient (Wildman–Crippen LogP) is 6.30. The van der Waals surface area contributed by atoms with E-state index < -0.39 is 11.6 Å². The highest BCUT2D eigenvalue weighted by Crippen LogP contribution is 2.49. The largest absolute Gasteiger partial charge is 0.497 e. The zero-order chi connectivity index (χ0) is 24.6. The van der Waals surface area contributed by atoms with Crippen molar-refractivity contribution in [2.45, 2.75) is 12.5 Å². The first-order valence-corrected chi connectivity index (χ1v) is 11.3. The Morgan fingerprint density at radius 1 is 0.800 bits per heavy atom. The van der Waals surface area contributed by atoms with E-state index in [1.54, 1.807) is 14.2 Å². The van der Waals surface area contributed by atoms with Crippen LogP contribution in [0.4, 0.5) is 0 Å². The summed E-state index contributed by atoms with van der Waals surface area (Å²) in [5.74, 6) is 1.34. The Bertz CT molecular complexity index is 1430. The van der Waals surface area contributed by atoms with Crippen molar-refractivity contribution in [2.75, 3.05) is 21.3 Å². The third-order valence-corrected chi connectivity index (χ3v) is 6.50. The number of aryl methyl sites for hydroxylation is 1. The molecule has 5 nitrogen and oxygen atoms in total. The monoisotopic (exact) mass is 466 g/mol. The molecular formula is C30H26O5. The maximum absolute atomic E-state index is 12.9. The molecule has 0 aliphatic carbocycles. The number of benzene rings is 4. The molecule has 1 aliphatic heterocycles. The fraction of sp³-hybridized carbons (Fsp3) is 0.167. The second-order valence-corrected chi connectivity index (χ2v) is 8.45. The zero-order valence-corrected chi connectivity index (χ0v) is 20.1. The van der Waals surface area contributed by atoms with Crippen LogP contribution in [-0.4, -0.2) is 27.3 Å². The van der Waals surface area contributed by atoms with Crippen LogP contribution in [0.15, 0.2) is 78.9 Å². The fourth-order valence-electron chi connectivity index (χ4n) is 4.69. The van der Waals surface area contributed by atoms with Crippen molar-refractivity contribution in [1.29, 1.82) is 0 Å². The summed E-state index contributed by atoms with van der Waals surface area (Å²) >= 11 is 0. The van der Waals surface area contributed by atoms with E-state index in [0.29, 0.717) is 22.6 Å². The molecule has 1 unspecified atom stereocenters. The Kier molecular flexibility index (Phi) is 5.69. The van der Waals surface area contributed by atoms with Crippen LogP contribution in [0, 0.1) is 6.92 Å². The van der Waals surface area contributed by atoms with E-state index in [-0.39, 0.29) is 0 Å². The molecule has 0 N–H and O–H groups in total. The molecule has 1 aliphatic rings. The van der Waals surface area contributed by atoms with Gasteiger partial charge in [-0.05, 0) is 31.2 Å². The number of hydrogen-bond acceptors (Lipinski definition) is 5. The van der Waals surface area contributed by atoms with Crippen LogP contribution in [0.3, 0.4) is 0 Å². The highest BCUT2D eigenvalue weighted by molar-refractivity contribution is 6.08. The van der Waals surface area contributed by atoms with Crippen LogP contribution < -0.4 is 14.2 Å². The lowest BCUT2D eigenvalue weighted by molar-refractivity contribution is 0.0595. The van der Waals surface area contributed by atoms with Crippen LogP contribution in [0.1, 0.15) is 32.6 Å². The van der Waals surface area contributed by atoms with Crippen LogP contribution in [0.2, 0.25) is 0 Å². The zero-order valence-electron chi connectivity index (χ0n) is 20.1. The molecule has 0 radical (unpaired) electrons. The number of rotatable bonds is 5. The van der Waals surface area contributed by atoms with Gasteiger partial charge in [0, 0.05) is 27.5 Å². The van der Waals surface area contributed by atoms with Gasteiger partial charge >= 0.3 is 5.97 Å². The highest BCUT2D eigenvalue weighted by atomic mass is 16.5. The standard InChI is InChI=1S/C30H26O5/c1-19-9-11-20(12-10-19)30(21-13-15-22(32-2)16-14-21)18-17-25-26(29(31)34-4)28(33-3)24-8-6-5-7-23(24)27(25)35-30/h5-18H,1-4H3. The predicted molar refractivity (Wildman–Crippen MR) is 136 cm³/mol. The van der Waals surface area contributed by atoms with E-state index in [4.69, 9.17) is 18.9 Å². The maximum atomic E-state index is 12.9. The summed E-state index contributed by atoms with van der Waals surface area (Å²) in [5.41, 5.74) is 3.11. The third-order valence-electron chi connectivity index (χ3n) is 6.50. The van der Waals surface area contributed by atoms with Crippen molar-refractivity contribution < 1.29 is 23.7 Å². The minimum Gasteiger partial charge on any atom is -0.497 e. The van der Waals surface area contributed by atoms with Gasteiger partial charge in [0.05, 0.1) is 21.3 Å². The lowest BCUT2D eigenvalue weighted by Gasteiger charge is -2.37. The van der Waals surface area contributed by atoms with Crippen molar-refractivity contribution >= 4 is 22.8 Å². The van der Waals surface area contributed by atoms with Crippen LogP contribution in [-0.2, 0) is 10.3 Å². The molecule has 176 valence electrons. The fourth-order valence-corrected chi connectivity index (χ4v) is 4.69. The lowest BCUT2D eigenvalue weighted by atomic mass is 9.82. The SMILES string of the molecule is COC(=O)c1c2c(c3ccccc3c1OC)OC(c1ccc(C)cc1)(c1ccc(OC)cc1)C=C2. The normalized spacial score (nSPS) is 16.3. The molecule has 0 aromatic heterocycles. The van der Waals surface area contributed by atoms with E-state index in [2.05, 4.69) is 31.2 Å². The molecule has 5 heteroatoms. The van der Waals surface area contributed by atoms with Crippen molar-refractivity contribution in [3.8, 4) is 17.2 Å². The number of methoxy groups -OCH3 is 3. The van der Waals surface area contributed by atoms with Crippen LogP contribution in [0.25, 0.3) is 16.8 Å². The Morgan fingerprint density at radius 2 is 1.43 bits per heavy atom. The first kappa shape index (κ1) is 22.5. The summed E-state index contributed by atoms with van der Waals surface area (Å²) in [7, 11) is 4.57. The second kappa shape index (κ2) is 8.84. The molecule has 0 amide bonds. The summed E-state index contributed by atoms with van der Waals surface area (Å²) in [6.07, 6.45) is 3.92. The molecule has 1 heterocycles. The van der Waals surface area contributed by atoms with E-state index in [9.17, 15) is 4.79 Å². The maximum Gasteiger partial charge on any atom is 0.342 e. The Morgan fingerprint density at radius 3 is 2.03 bits per heavy atom. The van der Waals surface area contributed by atoms with E-state index in [0.717, 1.165) is 33.2 Å². The van der Waals surface area contributed by atoms with Gasteiger partial charge < -0.3 is 18.9 Å². The summed E-state index contributed by atoms with van der Waals surface area (Å²) in [6, 6.07) is 23.9. The first-order valence-electron chi connectivity index (χ1n) is 11.3. The van der Waals surface area contributed by atoms with Gasteiger partial charge in [0.2, 0.25) is 0 Å². The minimum absolute atomic E-state index is 0.340. The molecule has 35 heavy (non-hydrogen) atoms. The average Bonchev–Trinajstić information content (AvgIpc) is 2.92. The van der Waals surface area contributed by atoms with E-state index in [1.807, 2.05) is 60.7 Å². The van der Waals surface area contributed by atoms with E-state index in [1.165, 1.54) is 7.11 Å². The third kappa shape index (κ3) is 3.60. The van der Waals surface area contributed by atoms with Crippen molar-refractivity contribution in [3.05, 3.63) is 107 Å². The van der Waals surface area contributed by atoms with Gasteiger partial charge in [-0.1, -0.05) is 66.2 Å². The second-order valence-electron chi connectivity index (χ2n) is 8.45. The summed E-state index contributed by atoms with van der Waals surface area (Å²) < 4.78 is 23.2. The van der Waals surface area contributed by atoms with Gasteiger partial charge in [0.15, 0.2) is 5.60 Å². The number of esters is 1. The molecular weight excluding hydrogens is 440 g/mol. The number of hydrogen-bond donors (Lipinski definition) is 0. The Labute approximate surface area is 204 Å². The Hall–Kier alpha value is -4.25. The molecule has 5 rings (SSSR count). The highest BCUT2D eigenvalue weighted by Gasteiger charge is 2.40. The van der Waals surface area contributed by atoms with Gasteiger partial charge in [0.25, 0.3) is 0 Å². The molecule has 0 saturated heterocycles. The minimum atomic E-state index is -0.919. The van der Waals surface area contributed by atoms with Gasteiger partial charge in [0.1, 0.15) is 22.8 Å². The topological polar surface area (TPSA) is 54.0 Å². The first-order chi connectivity index (χ1) is 17.0. The van der Waals surface area contributed by atoms with Crippen molar-refractivity contribution in [1.82, 2.24) is 0 Å². The van der Waals surface area contributed by atoms with Gasteiger partial charge in [-0.15, -0.1) is 0 Å². The summed E-state index contributed by atoms with van der Waals surface area (Å²) in [4.78, 5) is 12.9. The number of ether oxygens (including phenoxy) is 4. The number of carbonyl (C=O) groups excluding carboxylic acids is 1. The molecule has 1 atom stereocenters. The van der Waals surface area contributed by atoms with Gasteiger partial charge in [-0.2, -0.15) is 0 Å². The van der Waals surface area contributed by atoms with Crippen LogP contribution in [0.5, 0.6) is 17.2 Å². The summed E-state index contributed by atoms with van der Waals surface area (Å²) in [5, 5.41) is 1.62. The van der Waals surface area contributed by atoms with Crippen molar-refractivity contribution in [3.63, 3.8) is 0 Å². The Balaban J connectivity index is 1.82. The van der Waals surface area contributed by atoms with Gasteiger partial charge in [-0.3, -0.25) is 0 Å². The molecule has 0 saturated carbocycles. The number of fused-ring (bicyclic) bond motifs is 3. The molecule has 0 fully saturated rings. The average molecular weight is 467 g/mol. The quantitative estimate of drug-likeness (QED) is 0.323. The van der Waals surface area contributed by atoms with Crippen molar-refractivity contribution in [2.24, 2.45) is 0 Å². The molecule has 4 aromatic rings. The lowest BCUT2D eigenvalue weighted by Crippen LogP contribution is -2.34. The smallest absolute Gasteiger partial charge is 0.342 e. The summed E-state index contributed by atoms with van der Waals surface area (Å²) in [6.45, 7) is 2.05. The van der Waals surface area contributed by atoms with Crippen LogP contribution >= 0.6 is 0 Å².